The fourth-order valence-electron chi connectivity index (χ4n) is 4.98. The minimum absolute atomic E-state index is 0.202. The highest BCUT2D eigenvalue weighted by Gasteiger charge is 2.34. The van der Waals surface area contributed by atoms with Crippen LogP contribution < -0.4 is 20.4 Å². The molecule has 4 aromatic carbocycles. The topological polar surface area (TPSA) is 60.7 Å². The maximum absolute atomic E-state index is 13.4. The van der Waals surface area contributed by atoms with Gasteiger partial charge in [-0.05, 0) is 52.2 Å². The second kappa shape index (κ2) is 6.37. The Morgan fingerprint density at radius 1 is 0.781 bits per heavy atom. The van der Waals surface area contributed by atoms with Gasteiger partial charge in [0.1, 0.15) is 5.58 Å². The molecular formula is C27H17NO4. The summed E-state index contributed by atoms with van der Waals surface area (Å²) in [5.41, 5.74) is 4.61. The lowest BCUT2D eigenvalue weighted by Gasteiger charge is -2.30. The zero-order valence-electron chi connectivity index (χ0n) is 16.9. The van der Waals surface area contributed by atoms with E-state index < -0.39 is 0 Å². The van der Waals surface area contributed by atoms with Crippen LogP contribution in [0.5, 0.6) is 11.5 Å². The molecule has 154 valence electrons. The number of anilines is 2. The Hall–Kier alpha value is -4.25. The third-order valence-corrected chi connectivity index (χ3v) is 6.39. The van der Waals surface area contributed by atoms with Crippen molar-refractivity contribution in [1.82, 2.24) is 0 Å². The molecule has 2 aliphatic rings. The van der Waals surface area contributed by atoms with Gasteiger partial charge in [-0.15, -0.1) is 0 Å². The first kappa shape index (κ1) is 17.4. The van der Waals surface area contributed by atoms with Crippen molar-refractivity contribution in [1.29, 1.82) is 0 Å². The van der Waals surface area contributed by atoms with Crippen LogP contribution in [0, 0.1) is 0 Å². The first-order valence-corrected chi connectivity index (χ1v) is 10.5. The second-order valence-corrected chi connectivity index (χ2v) is 8.09. The molecule has 3 heterocycles. The summed E-state index contributed by atoms with van der Waals surface area (Å²) in [6, 6.07) is 26.0. The van der Waals surface area contributed by atoms with E-state index in [0.717, 1.165) is 38.7 Å². The van der Waals surface area contributed by atoms with Crippen LogP contribution in [-0.2, 0) is 0 Å². The van der Waals surface area contributed by atoms with E-state index in [2.05, 4.69) is 29.6 Å². The molecule has 0 saturated carbocycles. The smallest absolute Gasteiger partial charge is 0.342 e. The Bertz CT molecular complexity index is 1620. The zero-order chi connectivity index (χ0) is 21.2. The Morgan fingerprint density at radius 3 is 2.53 bits per heavy atom. The molecule has 0 spiro atoms. The molecule has 7 rings (SSSR count). The molecule has 0 fully saturated rings. The fraction of sp³-hybridized carbons (Fsp3) is 0.0741. The van der Waals surface area contributed by atoms with Crippen molar-refractivity contribution in [3.63, 3.8) is 0 Å². The van der Waals surface area contributed by atoms with Crippen LogP contribution in [0.2, 0.25) is 0 Å². The predicted molar refractivity (Wildman–Crippen MR) is 123 cm³/mol. The molecule has 5 nitrogen and oxygen atoms in total. The van der Waals surface area contributed by atoms with Crippen LogP contribution in [-0.4, -0.2) is 6.79 Å². The molecule has 0 amide bonds. The molecule has 0 saturated heterocycles. The lowest BCUT2D eigenvalue weighted by Crippen LogP contribution is -2.22. The lowest BCUT2D eigenvalue weighted by molar-refractivity contribution is 0.174. The van der Waals surface area contributed by atoms with Gasteiger partial charge in [0, 0.05) is 17.0 Å². The highest BCUT2D eigenvalue weighted by atomic mass is 16.7. The first-order valence-electron chi connectivity index (χ1n) is 10.5. The van der Waals surface area contributed by atoms with E-state index in [1.54, 1.807) is 0 Å². The van der Waals surface area contributed by atoms with Crippen molar-refractivity contribution in [2.45, 2.75) is 5.92 Å². The van der Waals surface area contributed by atoms with E-state index in [1.807, 2.05) is 54.6 Å². The van der Waals surface area contributed by atoms with E-state index >= 15 is 0 Å². The number of ether oxygens (including phenoxy) is 2. The minimum atomic E-state index is -0.340. The summed E-state index contributed by atoms with van der Waals surface area (Å²) < 4.78 is 17.0. The Labute approximate surface area is 182 Å². The molecule has 5 heteroatoms. The number of benzene rings is 4. The van der Waals surface area contributed by atoms with Crippen LogP contribution in [0.4, 0.5) is 11.4 Å². The van der Waals surface area contributed by atoms with E-state index in [0.29, 0.717) is 22.6 Å². The molecule has 0 bridgehead atoms. The lowest BCUT2D eigenvalue weighted by atomic mass is 9.79. The standard InChI is InChI=1S/C27H17NO4/c29-27-25-23(16-10-12-21-22(13-16)31-14-30-21)24-17-6-2-1-5-15(17)9-11-19(24)28-26(25)18-7-3-4-8-20(18)32-27/h1-13,23,28H,14H2/t23-/m1/s1. The quantitative estimate of drug-likeness (QED) is 0.336. The van der Waals surface area contributed by atoms with Crippen LogP contribution in [0.1, 0.15) is 22.6 Å². The Morgan fingerprint density at radius 2 is 1.59 bits per heavy atom. The molecule has 0 radical (unpaired) electrons. The van der Waals surface area contributed by atoms with Crippen LogP contribution >= 0.6 is 0 Å². The van der Waals surface area contributed by atoms with Gasteiger partial charge in [-0.2, -0.15) is 0 Å². The summed E-state index contributed by atoms with van der Waals surface area (Å²) >= 11 is 0. The third-order valence-electron chi connectivity index (χ3n) is 6.39. The molecule has 2 aliphatic heterocycles. The maximum Gasteiger partial charge on any atom is 0.342 e. The predicted octanol–water partition coefficient (Wildman–Crippen LogP) is 5.91. The van der Waals surface area contributed by atoms with Gasteiger partial charge >= 0.3 is 5.63 Å². The highest BCUT2D eigenvalue weighted by molar-refractivity contribution is 6.00. The molecule has 0 unspecified atom stereocenters. The van der Waals surface area contributed by atoms with Crippen molar-refractivity contribution in [3.8, 4) is 11.5 Å². The highest BCUT2D eigenvalue weighted by Crippen LogP contribution is 2.49. The molecule has 1 aromatic heterocycles. The average Bonchev–Trinajstić information content (AvgIpc) is 3.31. The van der Waals surface area contributed by atoms with Gasteiger partial charge in [0.15, 0.2) is 11.5 Å². The summed E-state index contributed by atoms with van der Waals surface area (Å²) in [6.07, 6.45) is 0. The fourth-order valence-corrected chi connectivity index (χ4v) is 4.98. The van der Waals surface area contributed by atoms with Crippen molar-refractivity contribution >= 4 is 33.1 Å². The van der Waals surface area contributed by atoms with E-state index in [1.165, 1.54) is 0 Å². The third kappa shape index (κ3) is 2.36. The van der Waals surface area contributed by atoms with Gasteiger partial charge in [0.25, 0.3) is 0 Å². The molecule has 32 heavy (non-hydrogen) atoms. The minimum Gasteiger partial charge on any atom is -0.454 e. The zero-order valence-corrected chi connectivity index (χ0v) is 16.9. The van der Waals surface area contributed by atoms with E-state index in [9.17, 15) is 4.79 Å². The van der Waals surface area contributed by atoms with Gasteiger partial charge < -0.3 is 19.2 Å². The number of rotatable bonds is 1. The summed E-state index contributed by atoms with van der Waals surface area (Å²) in [4.78, 5) is 13.4. The van der Waals surface area contributed by atoms with E-state index in [4.69, 9.17) is 13.9 Å². The van der Waals surface area contributed by atoms with Crippen LogP contribution in [0.15, 0.2) is 88.1 Å². The average molecular weight is 419 g/mol. The Balaban J connectivity index is 1.60. The van der Waals surface area contributed by atoms with Gasteiger partial charge in [-0.25, -0.2) is 4.79 Å². The normalized spacial score (nSPS) is 15.9. The largest absolute Gasteiger partial charge is 0.454 e. The molecular weight excluding hydrogens is 402 g/mol. The number of para-hydroxylation sites is 1. The Kier molecular flexibility index (Phi) is 3.47. The van der Waals surface area contributed by atoms with Crippen molar-refractivity contribution in [2.75, 3.05) is 12.1 Å². The number of nitrogens with one attached hydrogen (secondary N) is 1. The molecule has 5 aromatic rings. The van der Waals surface area contributed by atoms with Gasteiger partial charge in [0.05, 0.1) is 11.3 Å². The summed E-state index contributed by atoms with van der Waals surface area (Å²) in [7, 11) is 0. The first-order chi connectivity index (χ1) is 15.8. The van der Waals surface area contributed by atoms with Crippen molar-refractivity contribution in [3.05, 3.63) is 106 Å². The summed E-state index contributed by atoms with van der Waals surface area (Å²) in [6.45, 7) is 0.202. The molecule has 1 atom stereocenters. The van der Waals surface area contributed by atoms with Crippen LogP contribution in [0.25, 0.3) is 21.7 Å². The number of hydrogen-bond donors (Lipinski definition) is 1. The van der Waals surface area contributed by atoms with Crippen molar-refractivity contribution in [2.24, 2.45) is 0 Å². The maximum atomic E-state index is 13.4. The monoisotopic (exact) mass is 419 g/mol. The van der Waals surface area contributed by atoms with Gasteiger partial charge in [-0.1, -0.05) is 48.5 Å². The number of fused-ring (bicyclic) bond motifs is 7. The van der Waals surface area contributed by atoms with Gasteiger partial charge in [0.2, 0.25) is 6.79 Å². The summed E-state index contributed by atoms with van der Waals surface area (Å²) in [5.74, 6) is 1.09. The van der Waals surface area contributed by atoms with Crippen LogP contribution in [0.3, 0.4) is 0 Å². The van der Waals surface area contributed by atoms with Gasteiger partial charge in [-0.3, -0.25) is 0 Å². The SMILES string of the molecule is O=c1oc2ccccc2c2c1[C@H](c1ccc3c(c1)OCO3)c1c(ccc3ccccc13)N2. The second-order valence-electron chi connectivity index (χ2n) is 8.09. The number of hydrogen-bond acceptors (Lipinski definition) is 5. The molecule has 0 aliphatic carbocycles. The summed E-state index contributed by atoms with van der Waals surface area (Å²) in [5, 5.41) is 6.65. The van der Waals surface area contributed by atoms with Crippen molar-refractivity contribution < 1.29 is 13.9 Å². The molecule has 1 N–H and O–H groups in total. The van der Waals surface area contributed by atoms with E-state index in [-0.39, 0.29) is 18.3 Å².